The first-order valence-corrected chi connectivity index (χ1v) is 12.0. The summed E-state index contributed by atoms with van der Waals surface area (Å²) in [6, 6.07) is 32.1. The third-order valence-electron chi connectivity index (χ3n) is 5.81. The average molecular weight is 539 g/mol. The van der Waals surface area contributed by atoms with Gasteiger partial charge in [0.1, 0.15) is 0 Å². The number of esters is 1. The van der Waals surface area contributed by atoms with Crippen LogP contribution < -0.4 is 0 Å². The number of ether oxygens (including phenoxy) is 1. The van der Waals surface area contributed by atoms with Gasteiger partial charge in [0.15, 0.2) is 5.60 Å². The first-order valence-electron chi connectivity index (χ1n) is 12.0. The summed E-state index contributed by atoms with van der Waals surface area (Å²) in [7, 11) is 0. The first kappa shape index (κ1) is 29.1. The minimum absolute atomic E-state index is 0.368. The molecule has 0 atom stereocenters. The number of carbonyl (C=O) groups is 4. The highest BCUT2D eigenvalue weighted by Crippen LogP contribution is 2.40. The van der Waals surface area contributed by atoms with Crippen LogP contribution in [0.5, 0.6) is 0 Å². The Bertz CT molecular complexity index is 1350. The van der Waals surface area contributed by atoms with Crippen LogP contribution in [0.15, 0.2) is 121 Å². The number of hydrogen-bond donors (Lipinski definition) is 3. The number of carbonyl (C=O) groups excluding carboxylic acids is 1. The maximum absolute atomic E-state index is 12.6. The number of carboxylic acids is 3. The molecule has 0 aromatic heterocycles. The topological polar surface area (TPSA) is 138 Å². The summed E-state index contributed by atoms with van der Waals surface area (Å²) in [6.45, 7) is 5.41. The number of aromatic carboxylic acids is 3. The number of carboxylic acid groups (broad SMARTS) is 3. The molecule has 0 aliphatic carbocycles. The second kappa shape index (κ2) is 12.8. The summed E-state index contributed by atoms with van der Waals surface area (Å²) in [5.41, 5.74) is 0.907. The van der Waals surface area contributed by atoms with Crippen molar-refractivity contribution in [1.29, 1.82) is 0 Å². The second-order valence-corrected chi connectivity index (χ2v) is 8.66. The second-order valence-electron chi connectivity index (χ2n) is 8.66. The predicted octanol–water partition coefficient (Wildman–Crippen LogP) is 5.88. The van der Waals surface area contributed by atoms with E-state index in [4.69, 9.17) is 20.1 Å². The van der Waals surface area contributed by atoms with Crippen LogP contribution in [-0.4, -0.2) is 39.2 Å². The molecule has 4 aromatic rings. The molecule has 0 spiro atoms. The Morgan fingerprint density at radius 1 is 0.575 bits per heavy atom. The van der Waals surface area contributed by atoms with Crippen molar-refractivity contribution in [3.8, 4) is 0 Å². The van der Waals surface area contributed by atoms with Crippen LogP contribution in [0, 0.1) is 0 Å². The highest BCUT2D eigenvalue weighted by Gasteiger charge is 2.40. The van der Waals surface area contributed by atoms with Crippen molar-refractivity contribution >= 4 is 23.9 Å². The van der Waals surface area contributed by atoms with Crippen molar-refractivity contribution in [1.82, 2.24) is 0 Å². The van der Waals surface area contributed by atoms with E-state index in [1.54, 1.807) is 6.92 Å². The summed E-state index contributed by atoms with van der Waals surface area (Å²) >= 11 is 0. The highest BCUT2D eigenvalue weighted by atomic mass is 16.6. The summed E-state index contributed by atoms with van der Waals surface area (Å²) in [5, 5.41) is 25.8. The molecule has 3 N–H and O–H groups in total. The molecule has 8 nitrogen and oxygen atoms in total. The van der Waals surface area contributed by atoms with Gasteiger partial charge in [-0.05, 0) is 25.1 Å². The molecule has 202 valence electrons. The Hall–Kier alpha value is -5.50. The van der Waals surface area contributed by atoms with Crippen molar-refractivity contribution in [3.63, 3.8) is 0 Å². The molecular weight excluding hydrogens is 512 g/mol. The Kier molecular flexibility index (Phi) is 9.33. The minimum atomic E-state index is -1.37. The first-order chi connectivity index (χ1) is 19.1. The van der Waals surface area contributed by atoms with E-state index in [2.05, 4.69) is 6.58 Å². The summed E-state index contributed by atoms with van der Waals surface area (Å²) in [4.78, 5) is 44.3. The van der Waals surface area contributed by atoms with Crippen LogP contribution in [0.4, 0.5) is 0 Å². The lowest BCUT2D eigenvalue weighted by molar-refractivity contribution is -0.148. The van der Waals surface area contributed by atoms with Crippen molar-refractivity contribution in [2.75, 3.05) is 0 Å². The van der Waals surface area contributed by atoms with Crippen LogP contribution in [0.1, 0.15) is 54.7 Å². The Morgan fingerprint density at radius 2 is 0.850 bits per heavy atom. The van der Waals surface area contributed by atoms with Crippen LogP contribution in [0.2, 0.25) is 0 Å². The third kappa shape index (κ3) is 6.68. The van der Waals surface area contributed by atoms with E-state index >= 15 is 0 Å². The van der Waals surface area contributed by atoms with E-state index in [0.29, 0.717) is 5.57 Å². The van der Waals surface area contributed by atoms with Crippen molar-refractivity contribution in [3.05, 3.63) is 155 Å². The van der Waals surface area contributed by atoms with Gasteiger partial charge < -0.3 is 20.1 Å². The van der Waals surface area contributed by atoms with E-state index in [0.717, 1.165) is 34.9 Å². The zero-order chi connectivity index (χ0) is 29.3. The molecular formula is C32H26O8. The smallest absolute Gasteiger partial charge is 0.335 e. The Balaban J connectivity index is 0.000000252. The molecule has 0 amide bonds. The highest BCUT2D eigenvalue weighted by molar-refractivity contribution is 5.98. The third-order valence-corrected chi connectivity index (χ3v) is 5.81. The number of rotatable bonds is 8. The zero-order valence-electron chi connectivity index (χ0n) is 21.5. The maximum atomic E-state index is 12.6. The van der Waals surface area contributed by atoms with Crippen molar-refractivity contribution in [2.24, 2.45) is 0 Å². The lowest BCUT2D eigenvalue weighted by Gasteiger charge is -2.35. The molecule has 4 rings (SSSR count). The fourth-order valence-electron chi connectivity index (χ4n) is 3.92. The standard InChI is InChI=1S/C23H20O2.C9H6O6/c1-18(2)22(24)25-23(19-12-6-3-7-13-19,20-14-8-4-9-15-20)21-16-10-5-11-17-21;10-7(11)4-1-5(8(12)13)3-6(2-4)9(14)15/h3-17H,1H2,2H3;1-3H,(H,10,11)(H,12,13)(H,14,15). The molecule has 0 bridgehead atoms. The maximum Gasteiger partial charge on any atom is 0.335 e. The van der Waals surface area contributed by atoms with Gasteiger partial charge >= 0.3 is 23.9 Å². The molecule has 8 heteroatoms. The monoisotopic (exact) mass is 538 g/mol. The van der Waals surface area contributed by atoms with Gasteiger partial charge in [0.25, 0.3) is 0 Å². The van der Waals surface area contributed by atoms with Crippen LogP contribution in [0.25, 0.3) is 0 Å². The minimum Gasteiger partial charge on any atom is -0.478 e. The number of hydrogen-bond acceptors (Lipinski definition) is 5. The lowest BCUT2D eigenvalue weighted by Crippen LogP contribution is -2.35. The zero-order valence-corrected chi connectivity index (χ0v) is 21.5. The van der Waals surface area contributed by atoms with Crippen LogP contribution >= 0.6 is 0 Å². The number of benzene rings is 4. The van der Waals surface area contributed by atoms with E-state index in [1.165, 1.54) is 0 Å². The normalized spacial score (nSPS) is 10.4. The SMILES string of the molecule is C=C(C)C(=O)OC(c1ccccc1)(c1ccccc1)c1ccccc1.O=C(O)c1cc(C(=O)O)cc(C(=O)O)c1. The molecule has 0 aliphatic heterocycles. The fourth-order valence-corrected chi connectivity index (χ4v) is 3.92. The summed E-state index contributed by atoms with van der Waals surface area (Å²) in [6.07, 6.45) is 0. The molecule has 0 saturated heterocycles. The molecule has 4 aromatic carbocycles. The van der Waals surface area contributed by atoms with Crippen molar-refractivity contribution in [2.45, 2.75) is 12.5 Å². The van der Waals surface area contributed by atoms with Gasteiger partial charge in [-0.1, -0.05) is 97.6 Å². The summed E-state index contributed by atoms with van der Waals surface area (Å²) in [5.74, 6) is -4.54. The van der Waals surface area contributed by atoms with Crippen LogP contribution in [-0.2, 0) is 15.1 Å². The van der Waals surface area contributed by atoms with Gasteiger partial charge in [-0.15, -0.1) is 0 Å². The molecule has 0 saturated carbocycles. The van der Waals surface area contributed by atoms with Crippen LogP contribution in [0.3, 0.4) is 0 Å². The summed E-state index contributed by atoms with van der Waals surface area (Å²) < 4.78 is 6.12. The molecule has 0 heterocycles. The Labute approximate surface area is 230 Å². The van der Waals surface area contributed by atoms with Gasteiger partial charge in [0.2, 0.25) is 0 Å². The molecule has 0 unspecified atom stereocenters. The molecule has 40 heavy (non-hydrogen) atoms. The predicted molar refractivity (Wildman–Crippen MR) is 147 cm³/mol. The van der Waals surface area contributed by atoms with Crippen molar-refractivity contribution < 1.29 is 39.2 Å². The molecule has 0 radical (unpaired) electrons. The fraction of sp³-hybridized carbons (Fsp3) is 0.0625. The van der Waals surface area contributed by atoms with Gasteiger partial charge in [0.05, 0.1) is 16.7 Å². The van der Waals surface area contributed by atoms with Gasteiger partial charge in [-0.2, -0.15) is 0 Å². The molecule has 0 fully saturated rings. The largest absolute Gasteiger partial charge is 0.478 e. The van der Waals surface area contributed by atoms with E-state index in [9.17, 15) is 19.2 Å². The van der Waals surface area contributed by atoms with Gasteiger partial charge in [-0.25, -0.2) is 19.2 Å². The van der Waals surface area contributed by atoms with Gasteiger partial charge in [0, 0.05) is 22.3 Å². The lowest BCUT2D eigenvalue weighted by atomic mass is 9.80. The molecule has 0 aliphatic rings. The quantitative estimate of drug-likeness (QED) is 0.144. The van der Waals surface area contributed by atoms with E-state index in [-0.39, 0.29) is 16.7 Å². The van der Waals surface area contributed by atoms with Gasteiger partial charge in [-0.3, -0.25) is 0 Å². The average Bonchev–Trinajstić information content (AvgIpc) is 2.97. The Morgan fingerprint density at radius 3 is 1.07 bits per heavy atom. The van der Waals surface area contributed by atoms with E-state index < -0.39 is 29.5 Å². The van der Waals surface area contributed by atoms with E-state index in [1.807, 2.05) is 91.0 Å².